The lowest BCUT2D eigenvalue weighted by Gasteiger charge is -2.27. The molecule has 1 unspecified atom stereocenters. The minimum absolute atomic E-state index is 0.552. The van der Waals surface area contributed by atoms with E-state index in [2.05, 4.69) is 26.2 Å². The van der Waals surface area contributed by atoms with Gasteiger partial charge in [-0.05, 0) is 37.1 Å². The fourth-order valence-electron chi connectivity index (χ4n) is 3.21. The molecule has 0 aromatic heterocycles. The van der Waals surface area contributed by atoms with E-state index in [1.807, 2.05) is 32.3 Å². The number of aliphatic imine (C=N–C) groups is 1. The number of guanidine groups is 1. The van der Waals surface area contributed by atoms with Crippen LogP contribution in [0, 0.1) is 0 Å². The van der Waals surface area contributed by atoms with Crippen LogP contribution in [0.2, 0.25) is 5.02 Å². The summed E-state index contributed by atoms with van der Waals surface area (Å²) in [4.78, 5) is 9.04. The predicted molar refractivity (Wildman–Crippen MR) is 101 cm³/mol. The van der Waals surface area contributed by atoms with Crippen LogP contribution in [0.5, 0.6) is 0 Å². The van der Waals surface area contributed by atoms with E-state index in [1.165, 1.54) is 18.4 Å². The first-order valence-corrected chi connectivity index (χ1v) is 8.91. The van der Waals surface area contributed by atoms with Gasteiger partial charge in [-0.3, -0.25) is 9.89 Å². The number of methoxy groups -OCH3 is 1. The van der Waals surface area contributed by atoms with Crippen molar-refractivity contribution in [1.29, 1.82) is 0 Å². The topological polar surface area (TPSA) is 40.1 Å². The number of hydrogen-bond acceptors (Lipinski definition) is 3. The summed E-state index contributed by atoms with van der Waals surface area (Å²) in [6.45, 7) is 4.64. The SMILES string of the molecule is CN=C(NCC1CCCN1CCOC)N(C)Cc1cccc(Cl)c1. The van der Waals surface area contributed by atoms with Crippen molar-refractivity contribution in [2.75, 3.05) is 47.4 Å². The van der Waals surface area contributed by atoms with Gasteiger partial charge >= 0.3 is 0 Å². The van der Waals surface area contributed by atoms with Crippen molar-refractivity contribution in [2.24, 2.45) is 4.99 Å². The number of benzene rings is 1. The Morgan fingerprint density at radius 2 is 2.33 bits per heavy atom. The van der Waals surface area contributed by atoms with E-state index in [1.54, 1.807) is 7.11 Å². The van der Waals surface area contributed by atoms with Crippen LogP contribution in [-0.4, -0.2) is 69.2 Å². The van der Waals surface area contributed by atoms with Gasteiger partial charge < -0.3 is 15.0 Å². The van der Waals surface area contributed by atoms with Crippen LogP contribution in [0.25, 0.3) is 0 Å². The standard InChI is InChI=1S/C18H29ClN4O/c1-20-18(22(2)14-15-6-4-7-16(19)12-15)21-13-17-8-5-9-23(17)10-11-24-3/h4,6-7,12,17H,5,8-11,13-14H2,1-3H3,(H,20,21). The van der Waals surface area contributed by atoms with Gasteiger partial charge in [0, 0.05) is 51.9 Å². The van der Waals surface area contributed by atoms with Crippen LogP contribution in [0.1, 0.15) is 18.4 Å². The molecule has 1 atom stereocenters. The molecule has 0 aliphatic carbocycles. The molecule has 1 N–H and O–H groups in total. The molecule has 1 heterocycles. The third-order valence-corrected chi connectivity index (χ3v) is 4.69. The van der Waals surface area contributed by atoms with Crippen LogP contribution < -0.4 is 5.32 Å². The fourth-order valence-corrected chi connectivity index (χ4v) is 3.42. The Bertz CT molecular complexity index is 538. The maximum atomic E-state index is 6.07. The molecular weight excluding hydrogens is 324 g/mol. The number of likely N-dealkylation sites (tertiary alicyclic amines) is 1. The molecule has 1 aliphatic rings. The van der Waals surface area contributed by atoms with Gasteiger partial charge in [0.25, 0.3) is 0 Å². The van der Waals surface area contributed by atoms with Crippen molar-refractivity contribution in [2.45, 2.75) is 25.4 Å². The van der Waals surface area contributed by atoms with Crippen molar-refractivity contribution in [1.82, 2.24) is 15.1 Å². The van der Waals surface area contributed by atoms with E-state index in [9.17, 15) is 0 Å². The molecule has 6 heteroatoms. The minimum Gasteiger partial charge on any atom is -0.383 e. The molecule has 0 saturated carbocycles. The Morgan fingerprint density at radius 1 is 1.50 bits per heavy atom. The molecule has 5 nitrogen and oxygen atoms in total. The Morgan fingerprint density at radius 3 is 3.04 bits per heavy atom. The van der Waals surface area contributed by atoms with E-state index in [-0.39, 0.29) is 0 Å². The van der Waals surface area contributed by atoms with Gasteiger partial charge in [0.15, 0.2) is 5.96 Å². The molecule has 0 bridgehead atoms. The first-order valence-electron chi connectivity index (χ1n) is 8.53. The average molecular weight is 353 g/mol. The smallest absolute Gasteiger partial charge is 0.193 e. The highest BCUT2D eigenvalue weighted by Crippen LogP contribution is 2.16. The number of nitrogens with zero attached hydrogens (tertiary/aromatic N) is 3. The van der Waals surface area contributed by atoms with Crippen LogP contribution in [0.15, 0.2) is 29.3 Å². The van der Waals surface area contributed by atoms with Crippen molar-refractivity contribution in [3.63, 3.8) is 0 Å². The van der Waals surface area contributed by atoms with E-state index >= 15 is 0 Å². The fraction of sp³-hybridized carbons (Fsp3) is 0.611. The molecule has 1 aromatic rings. The number of ether oxygens (including phenoxy) is 1. The van der Waals surface area contributed by atoms with Crippen LogP contribution in [0.4, 0.5) is 0 Å². The normalized spacial score (nSPS) is 18.8. The van der Waals surface area contributed by atoms with Crippen molar-refractivity contribution in [3.8, 4) is 0 Å². The van der Waals surface area contributed by atoms with Gasteiger partial charge in [0.2, 0.25) is 0 Å². The summed E-state index contributed by atoms with van der Waals surface area (Å²) < 4.78 is 5.21. The van der Waals surface area contributed by atoms with E-state index in [4.69, 9.17) is 16.3 Å². The summed E-state index contributed by atoms with van der Waals surface area (Å²) in [6.07, 6.45) is 2.48. The summed E-state index contributed by atoms with van der Waals surface area (Å²) in [5.74, 6) is 0.911. The lowest BCUT2D eigenvalue weighted by Crippen LogP contribution is -2.45. The molecule has 0 radical (unpaired) electrons. The number of halogens is 1. The Kier molecular flexibility index (Phi) is 7.82. The molecule has 24 heavy (non-hydrogen) atoms. The van der Waals surface area contributed by atoms with Gasteiger partial charge in [0.1, 0.15) is 0 Å². The van der Waals surface area contributed by atoms with Gasteiger partial charge in [-0.25, -0.2) is 0 Å². The van der Waals surface area contributed by atoms with Crippen molar-refractivity contribution < 1.29 is 4.74 Å². The number of hydrogen-bond donors (Lipinski definition) is 1. The molecule has 1 aliphatic heterocycles. The van der Waals surface area contributed by atoms with Gasteiger partial charge in [-0.15, -0.1) is 0 Å². The maximum absolute atomic E-state index is 6.07. The lowest BCUT2D eigenvalue weighted by atomic mass is 10.2. The Hall–Kier alpha value is -1.30. The summed E-state index contributed by atoms with van der Waals surface area (Å²) in [5, 5.41) is 4.28. The van der Waals surface area contributed by atoms with Gasteiger partial charge in [0.05, 0.1) is 6.61 Å². The monoisotopic (exact) mass is 352 g/mol. The van der Waals surface area contributed by atoms with Crippen LogP contribution in [0.3, 0.4) is 0 Å². The summed E-state index contributed by atoms with van der Waals surface area (Å²) in [7, 11) is 5.64. The average Bonchev–Trinajstić information content (AvgIpc) is 3.01. The largest absolute Gasteiger partial charge is 0.383 e. The van der Waals surface area contributed by atoms with Gasteiger partial charge in [-0.2, -0.15) is 0 Å². The maximum Gasteiger partial charge on any atom is 0.193 e. The predicted octanol–water partition coefficient (Wildman–Crippen LogP) is 2.46. The van der Waals surface area contributed by atoms with E-state index in [0.29, 0.717) is 6.04 Å². The molecule has 134 valence electrons. The van der Waals surface area contributed by atoms with Crippen LogP contribution in [-0.2, 0) is 11.3 Å². The Balaban J connectivity index is 1.85. The molecule has 2 rings (SSSR count). The second kappa shape index (κ2) is 9.87. The van der Waals surface area contributed by atoms with Crippen molar-refractivity contribution in [3.05, 3.63) is 34.9 Å². The molecule has 1 aromatic carbocycles. The Labute approximate surface area is 150 Å². The summed E-state index contributed by atoms with van der Waals surface area (Å²) >= 11 is 6.07. The third kappa shape index (κ3) is 5.65. The molecule has 1 saturated heterocycles. The highest BCUT2D eigenvalue weighted by atomic mass is 35.5. The second-order valence-corrected chi connectivity index (χ2v) is 6.68. The second-order valence-electron chi connectivity index (χ2n) is 6.24. The molecule has 1 fully saturated rings. The van der Waals surface area contributed by atoms with Gasteiger partial charge in [-0.1, -0.05) is 23.7 Å². The highest BCUT2D eigenvalue weighted by Gasteiger charge is 2.24. The van der Waals surface area contributed by atoms with Crippen LogP contribution >= 0.6 is 11.6 Å². The summed E-state index contributed by atoms with van der Waals surface area (Å²) in [5.41, 5.74) is 1.18. The first-order chi connectivity index (χ1) is 11.6. The molecular formula is C18H29ClN4O. The molecule has 0 spiro atoms. The minimum atomic E-state index is 0.552. The molecule has 0 amide bonds. The third-order valence-electron chi connectivity index (χ3n) is 4.46. The first kappa shape index (κ1) is 19.0. The zero-order chi connectivity index (χ0) is 17.4. The highest BCUT2D eigenvalue weighted by molar-refractivity contribution is 6.30. The summed E-state index contributed by atoms with van der Waals surface area (Å²) in [6, 6.07) is 8.51. The van der Waals surface area contributed by atoms with Crippen molar-refractivity contribution >= 4 is 17.6 Å². The quantitative estimate of drug-likeness (QED) is 0.604. The zero-order valence-corrected chi connectivity index (χ0v) is 15.7. The zero-order valence-electron chi connectivity index (χ0n) is 15.0. The lowest BCUT2D eigenvalue weighted by molar-refractivity contribution is 0.141. The number of nitrogens with one attached hydrogen (secondary N) is 1. The van der Waals surface area contributed by atoms with E-state index < -0.39 is 0 Å². The van der Waals surface area contributed by atoms with E-state index in [0.717, 1.165) is 43.8 Å². The number of rotatable bonds is 7.